The molecule has 0 bridgehead atoms. The molecule has 0 fully saturated rings. The molecule has 0 radical (unpaired) electrons. The van der Waals surface area contributed by atoms with Crippen LogP contribution in [0.2, 0.25) is 0 Å². The first-order valence-corrected chi connectivity index (χ1v) is 7.99. The SMILES string of the molecule is CCCCCCC(=O)Sc1cc(C(=O)O)c(F)cc1Br. The van der Waals surface area contributed by atoms with E-state index in [1.54, 1.807) is 0 Å². The van der Waals surface area contributed by atoms with Gasteiger partial charge in [0.05, 0.1) is 5.56 Å². The molecule has 0 aromatic heterocycles. The molecule has 0 aliphatic rings. The molecule has 110 valence electrons. The van der Waals surface area contributed by atoms with Crippen molar-refractivity contribution in [1.29, 1.82) is 0 Å². The fourth-order valence-electron chi connectivity index (χ4n) is 1.64. The predicted molar refractivity (Wildman–Crippen MR) is 80.7 cm³/mol. The third kappa shape index (κ3) is 5.25. The van der Waals surface area contributed by atoms with Gasteiger partial charge in [0, 0.05) is 15.8 Å². The van der Waals surface area contributed by atoms with E-state index in [4.69, 9.17) is 5.11 Å². The summed E-state index contributed by atoms with van der Waals surface area (Å²) in [6, 6.07) is 2.27. The predicted octanol–water partition coefficient (Wildman–Crippen LogP) is 4.88. The number of carbonyl (C=O) groups is 2. The minimum absolute atomic E-state index is 0.0373. The van der Waals surface area contributed by atoms with Gasteiger partial charge in [-0.2, -0.15) is 0 Å². The highest BCUT2D eigenvalue weighted by atomic mass is 79.9. The lowest BCUT2D eigenvalue weighted by molar-refractivity contribution is -0.111. The topological polar surface area (TPSA) is 54.4 Å². The van der Waals surface area contributed by atoms with E-state index in [9.17, 15) is 14.0 Å². The molecule has 3 nitrogen and oxygen atoms in total. The van der Waals surface area contributed by atoms with Crippen LogP contribution in [0.1, 0.15) is 49.4 Å². The number of aromatic carboxylic acids is 1. The molecule has 0 amide bonds. The van der Waals surface area contributed by atoms with E-state index in [1.807, 2.05) is 0 Å². The Morgan fingerprint density at radius 2 is 2.00 bits per heavy atom. The first-order valence-electron chi connectivity index (χ1n) is 6.38. The molecular weight excluding hydrogens is 347 g/mol. The van der Waals surface area contributed by atoms with Crippen LogP contribution in [0, 0.1) is 5.82 Å². The van der Waals surface area contributed by atoms with Crippen molar-refractivity contribution in [3.8, 4) is 0 Å². The molecule has 0 heterocycles. The second-order valence-electron chi connectivity index (χ2n) is 4.35. The van der Waals surface area contributed by atoms with Gasteiger partial charge in [-0.1, -0.05) is 37.9 Å². The van der Waals surface area contributed by atoms with Gasteiger partial charge in [0.1, 0.15) is 5.82 Å². The summed E-state index contributed by atoms with van der Waals surface area (Å²) >= 11 is 4.10. The lowest BCUT2D eigenvalue weighted by atomic mass is 10.2. The number of rotatable bonds is 7. The standard InChI is InChI=1S/C14H16BrFO3S/c1-2-3-4-5-6-13(17)20-12-7-9(14(18)19)11(16)8-10(12)15/h7-8H,2-6H2,1H3,(H,18,19). The van der Waals surface area contributed by atoms with Crippen LogP contribution in [0.25, 0.3) is 0 Å². The lowest BCUT2D eigenvalue weighted by Gasteiger charge is -2.06. The molecule has 1 aromatic rings. The van der Waals surface area contributed by atoms with E-state index < -0.39 is 17.3 Å². The summed E-state index contributed by atoms with van der Waals surface area (Å²) in [5.41, 5.74) is -0.422. The van der Waals surface area contributed by atoms with Crippen LogP contribution >= 0.6 is 27.7 Å². The summed E-state index contributed by atoms with van der Waals surface area (Å²) in [5.74, 6) is -2.16. The van der Waals surface area contributed by atoms with Crippen molar-refractivity contribution in [1.82, 2.24) is 0 Å². The van der Waals surface area contributed by atoms with E-state index in [2.05, 4.69) is 22.9 Å². The Kier molecular flexibility index (Phi) is 7.23. The van der Waals surface area contributed by atoms with Crippen molar-refractivity contribution in [2.45, 2.75) is 43.9 Å². The molecule has 0 aliphatic heterocycles. The highest BCUT2D eigenvalue weighted by molar-refractivity contribution is 9.10. The zero-order chi connectivity index (χ0) is 15.1. The van der Waals surface area contributed by atoms with Crippen molar-refractivity contribution < 1.29 is 19.1 Å². The van der Waals surface area contributed by atoms with Gasteiger partial charge in [0.25, 0.3) is 0 Å². The number of hydrogen-bond acceptors (Lipinski definition) is 3. The van der Waals surface area contributed by atoms with Crippen LogP contribution in [0.4, 0.5) is 4.39 Å². The molecule has 6 heteroatoms. The Morgan fingerprint density at radius 1 is 1.30 bits per heavy atom. The van der Waals surface area contributed by atoms with Gasteiger partial charge in [-0.15, -0.1) is 0 Å². The third-order valence-electron chi connectivity index (χ3n) is 2.71. The van der Waals surface area contributed by atoms with Gasteiger partial charge in [0.15, 0.2) is 5.12 Å². The maximum absolute atomic E-state index is 13.4. The van der Waals surface area contributed by atoms with Crippen LogP contribution in [0.15, 0.2) is 21.5 Å². The van der Waals surface area contributed by atoms with Gasteiger partial charge in [-0.3, -0.25) is 4.79 Å². The number of carbonyl (C=O) groups excluding carboxylic acids is 1. The normalized spacial score (nSPS) is 10.6. The molecule has 1 aromatic carbocycles. The van der Waals surface area contributed by atoms with E-state index in [-0.39, 0.29) is 5.12 Å². The zero-order valence-electron chi connectivity index (χ0n) is 11.1. The van der Waals surface area contributed by atoms with Gasteiger partial charge in [0.2, 0.25) is 0 Å². The van der Waals surface area contributed by atoms with Crippen molar-refractivity contribution in [3.05, 3.63) is 28.0 Å². The Morgan fingerprint density at radius 3 is 2.60 bits per heavy atom. The summed E-state index contributed by atoms with van der Waals surface area (Å²) in [6.45, 7) is 2.10. The quantitative estimate of drug-likeness (QED) is 0.554. The summed E-state index contributed by atoms with van der Waals surface area (Å²) < 4.78 is 13.8. The monoisotopic (exact) mass is 362 g/mol. The number of hydrogen-bond donors (Lipinski definition) is 1. The second kappa shape index (κ2) is 8.42. The molecule has 0 unspecified atom stereocenters. The highest BCUT2D eigenvalue weighted by Gasteiger charge is 2.16. The first kappa shape index (κ1) is 17.2. The van der Waals surface area contributed by atoms with E-state index >= 15 is 0 Å². The van der Waals surface area contributed by atoms with Crippen LogP contribution < -0.4 is 0 Å². The largest absolute Gasteiger partial charge is 0.478 e. The van der Waals surface area contributed by atoms with E-state index in [1.165, 1.54) is 6.07 Å². The lowest BCUT2D eigenvalue weighted by Crippen LogP contribution is -2.02. The minimum atomic E-state index is -1.34. The first-order chi connectivity index (χ1) is 9.45. The van der Waals surface area contributed by atoms with E-state index in [0.29, 0.717) is 15.8 Å². The number of thioether (sulfide) groups is 1. The Hall–Kier alpha value is -0.880. The third-order valence-corrected chi connectivity index (χ3v) is 4.62. The number of benzene rings is 1. The van der Waals surface area contributed by atoms with Gasteiger partial charge >= 0.3 is 5.97 Å². The molecule has 0 aliphatic carbocycles. The van der Waals surface area contributed by atoms with Crippen molar-refractivity contribution in [2.75, 3.05) is 0 Å². The zero-order valence-corrected chi connectivity index (χ0v) is 13.5. The molecule has 0 atom stereocenters. The number of carboxylic acid groups (broad SMARTS) is 1. The highest BCUT2D eigenvalue weighted by Crippen LogP contribution is 2.31. The Balaban J connectivity index is 2.69. The van der Waals surface area contributed by atoms with Crippen LogP contribution in [0.3, 0.4) is 0 Å². The number of halogens is 2. The molecule has 20 heavy (non-hydrogen) atoms. The average Bonchev–Trinajstić information content (AvgIpc) is 2.37. The maximum Gasteiger partial charge on any atom is 0.338 e. The van der Waals surface area contributed by atoms with Crippen LogP contribution in [-0.2, 0) is 4.79 Å². The molecule has 0 spiro atoms. The van der Waals surface area contributed by atoms with Gasteiger partial charge in [-0.25, -0.2) is 9.18 Å². The molecule has 0 saturated heterocycles. The Labute approximate surface area is 130 Å². The van der Waals surface area contributed by atoms with Crippen molar-refractivity contribution >= 4 is 38.8 Å². The average molecular weight is 363 g/mol. The van der Waals surface area contributed by atoms with Crippen LogP contribution in [0.5, 0.6) is 0 Å². The van der Waals surface area contributed by atoms with Gasteiger partial charge in [-0.05, 0) is 34.5 Å². The molecule has 1 N–H and O–H groups in total. The summed E-state index contributed by atoms with van der Waals surface area (Å²) in [4.78, 5) is 23.1. The molecular formula is C14H16BrFO3S. The van der Waals surface area contributed by atoms with Crippen molar-refractivity contribution in [2.24, 2.45) is 0 Å². The van der Waals surface area contributed by atoms with Crippen LogP contribution in [-0.4, -0.2) is 16.2 Å². The number of unbranched alkanes of at least 4 members (excludes halogenated alkanes) is 3. The van der Waals surface area contributed by atoms with Gasteiger partial charge < -0.3 is 5.11 Å². The summed E-state index contributed by atoms with van der Waals surface area (Å²) in [7, 11) is 0. The molecule has 1 rings (SSSR count). The van der Waals surface area contributed by atoms with Crippen molar-refractivity contribution in [3.63, 3.8) is 0 Å². The smallest absolute Gasteiger partial charge is 0.338 e. The second-order valence-corrected chi connectivity index (χ2v) is 6.31. The summed E-state index contributed by atoms with van der Waals surface area (Å²) in [6.07, 6.45) is 4.48. The maximum atomic E-state index is 13.4. The fourth-order valence-corrected chi connectivity index (χ4v) is 3.02. The summed E-state index contributed by atoms with van der Waals surface area (Å²) in [5, 5.41) is 8.83. The molecule has 0 saturated carbocycles. The number of carboxylic acids is 1. The van der Waals surface area contributed by atoms with E-state index in [0.717, 1.165) is 43.5 Å². The minimum Gasteiger partial charge on any atom is -0.478 e. The Bertz CT molecular complexity index is 505. The fraction of sp³-hybridized carbons (Fsp3) is 0.429.